The molecule has 0 fully saturated rings. The van der Waals surface area contributed by atoms with E-state index in [1.807, 2.05) is 30.3 Å². The first-order valence-electron chi connectivity index (χ1n) is 8.77. The molecule has 1 N–H and O–H groups in total. The average Bonchev–Trinajstić information content (AvgIpc) is 3.04. The fraction of sp³-hybridized carbons (Fsp3) is 0.136. The average molecular weight is 477 g/mol. The largest absolute Gasteiger partial charge is 0.473 e. The molecule has 0 bridgehead atoms. The molecule has 0 saturated heterocycles. The van der Waals surface area contributed by atoms with E-state index in [9.17, 15) is 9.50 Å². The number of hydrogen-bond donors (Lipinski definition) is 1. The van der Waals surface area contributed by atoms with Crippen LogP contribution in [0.25, 0.3) is 5.57 Å². The summed E-state index contributed by atoms with van der Waals surface area (Å²) in [7, 11) is 0. The van der Waals surface area contributed by atoms with Gasteiger partial charge in [0.2, 0.25) is 5.88 Å². The molecule has 4 nitrogen and oxygen atoms in total. The SMILES string of the molecule is C=C1c2c(cc(F)c(Cl)c2Br)O[C@]1(CO)c1cccc(OCc2ccccc2)n1. The van der Waals surface area contributed by atoms with Gasteiger partial charge in [-0.1, -0.05) is 54.6 Å². The third kappa shape index (κ3) is 3.41. The Bertz CT molecular complexity index is 1090. The Kier molecular flexibility index (Phi) is 5.34. The van der Waals surface area contributed by atoms with Gasteiger partial charge in [0.1, 0.15) is 18.2 Å². The molecule has 1 aromatic heterocycles. The Morgan fingerprint density at radius 1 is 1.21 bits per heavy atom. The van der Waals surface area contributed by atoms with Crippen molar-refractivity contribution >= 4 is 33.1 Å². The van der Waals surface area contributed by atoms with Crippen LogP contribution in [0.15, 0.2) is 65.6 Å². The van der Waals surface area contributed by atoms with Crippen molar-refractivity contribution in [2.45, 2.75) is 12.2 Å². The van der Waals surface area contributed by atoms with Crippen molar-refractivity contribution in [1.29, 1.82) is 0 Å². The molecule has 2 aromatic carbocycles. The minimum absolute atomic E-state index is 0.0739. The van der Waals surface area contributed by atoms with Crippen LogP contribution in [0.1, 0.15) is 16.8 Å². The Morgan fingerprint density at radius 3 is 2.69 bits per heavy atom. The second-order valence-corrected chi connectivity index (χ2v) is 7.73. The van der Waals surface area contributed by atoms with E-state index in [2.05, 4.69) is 27.5 Å². The first-order chi connectivity index (χ1) is 14.0. The highest BCUT2D eigenvalue weighted by molar-refractivity contribution is 9.10. The summed E-state index contributed by atoms with van der Waals surface area (Å²) in [5.74, 6) is -0.0308. The van der Waals surface area contributed by atoms with E-state index in [4.69, 9.17) is 21.1 Å². The summed E-state index contributed by atoms with van der Waals surface area (Å²) in [4.78, 5) is 4.51. The van der Waals surface area contributed by atoms with Gasteiger partial charge in [-0.2, -0.15) is 0 Å². The number of aromatic nitrogens is 1. The van der Waals surface area contributed by atoms with Crippen molar-refractivity contribution in [3.63, 3.8) is 0 Å². The van der Waals surface area contributed by atoms with Crippen LogP contribution < -0.4 is 9.47 Å². The molecule has 7 heteroatoms. The second kappa shape index (κ2) is 7.78. The molecule has 0 aliphatic carbocycles. The number of benzene rings is 2. The number of halogens is 3. The van der Waals surface area contributed by atoms with Crippen LogP contribution in [-0.4, -0.2) is 16.7 Å². The number of rotatable bonds is 5. The zero-order chi connectivity index (χ0) is 20.6. The predicted octanol–water partition coefficient (Wildman–Crippen LogP) is 5.51. The summed E-state index contributed by atoms with van der Waals surface area (Å²) in [6.45, 7) is 3.98. The lowest BCUT2D eigenvalue weighted by Gasteiger charge is -2.27. The number of aliphatic hydroxyl groups is 1. The summed E-state index contributed by atoms with van der Waals surface area (Å²) in [5, 5.41) is 10.2. The van der Waals surface area contributed by atoms with Crippen LogP contribution in [-0.2, 0) is 12.2 Å². The summed E-state index contributed by atoms with van der Waals surface area (Å²) < 4.78 is 26.2. The number of aliphatic hydroxyl groups excluding tert-OH is 1. The third-order valence-electron chi connectivity index (χ3n) is 4.79. The molecular weight excluding hydrogens is 461 g/mol. The predicted molar refractivity (Wildman–Crippen MR) is 113 cm³/mol. The third-order valence-corrected chi connectivity index (χ3v) is 6.18. The molecule has 3 aromatic rings. The van der Waals surface area contributed by atoms with Gasteiger partial charge in [0.25, 0.3) is 0 Å². The summed E-state index contributed by atoms with van der Waals surface area (Å²) >= 11 is 9.32. The fourth-order valence-corrected chi connectivity index (χ4v) is 4.03. The summed E-state index contributed by atoms with van der Waals surface area (Å²) in [6, 6.07) is 16.0. The van der Waals surface area contributed by atoms with E-state index in [-0.39, 0.29) is 10.8 Å². The molecule has 0 radical (unpaired) electrons. The van der Waals surface area contributed by atoms with Crippen LogP contribution in [0.2, 0.25) is 5.02 Å². The zero-order valence-corrected chi connectivity index (χ0v) is 17.5. The van der Waals surface area contributed by atoms with Crippen molar-refractivity contribution in [2.24, 2.45) is 0 Å². The lowest BCUT2D eigenvalue weighted by atomic mass is 9.89. The van der Waals surface area contributed by atoms with Gasteiger partial charge in [0, 0.05) is 23.3 Å². The quantitative estimate of drug-likeness (QED) is 0.494. The van der Waals surface area contributed by atoms with Gasteiger partial charge in [-0.3, -0.25) is 0 Å². The van der Waals surface area contributed by atoms with Crippen molar-refractivity contribution in [3.05, 3.63) is 93.3 Å². The van der Waals surface area contributed by atoms with Gasteiger partial charge in [0.05, 0.1) is 21.8 Å². The van der Waals surface area contributed by atoms with Crippen molar-refractivity contribution in [3.8, 4) is 11.6 Å². The number of ether oxygens (including phenoxy) is 2. The Balaban J connectivity index is 1.68. The van der Waals surface area contributed by atoms with E-state index < -0.39 is 18.0 Å². The molecule has 148 valence electrons. The van der Waals surface area contributed by atoms with Crippen LogP contribution in [0.5, 0.6) is 11.6 Å². The topological polar surface area (TPSA) is 51.6 Å². The second-order valence-electron chi connectivity index (χ2n) is 6.56. The standard InChI is InChI=1S/C22H16BrClFNO3/c1-13-19-16(10-15(25)21(24)20(19)23)29-22(13,12-27)17-8-5-9-18(26-17)28-11-14-6-3-2-4-7-14/h2-10,27H,1,11-12H2/t22-/m0/s1. The first kappa shape index (κ1) is 19.9. The molecule has 2 heterocycles. The van der Waals surface area contributed by atoms with Gasteiger partial charge in [0.15, 0.2) is 5.60 Å². The number of fused-ring (bicyclic) bond motifs is 1. The van der Waals surface area contributed by atoms with Crippen LogP contribution in [0, 0.1) is 5.82 Å². The van der Waals surface area contributed by atoms with E-state index in [1.54, 1.807) is 18.2 Å². The Morgan fingerprint density at radius 2 is 1.97 bits per heavy atom. The number of nitrogens with zero attached hydrogens (tertiary/aromatic N) is 1. The highest BCUT2D eigenvalue weighted by Gasteiger charge is 2.47. The lowest BCUT2D eigenvalue weighted by molar-refractivity contribution is 0.0635. The molecule has 1 aliphatic rings. The fourth-order valence-electron chi connectivity index (χ4n) is 3.25. The van der Waals surface area contributed by atoms with Crippen molar-refractivity contribution in [1.82, 2.24) is 4.98 Å². The van der Waals surface area contributed by atoms with E-state index in [0.29, 0.717) is 33.8 Å². The van der Waals surface area contributed by atoms with E-state index in [0.717, 1.165) is 5.56 Å². The van der Waals surface area contributed by atoms with E-state index in [1.165, 1.54) is 6.07 Å². The maximum absolute atomic E-state index is 14.1. The van der Waals surface area contributed by atoms with Gasteiger partial charge in [-0.05, 0) is 27.6 Å². The maximum Gasteiger partial charge on any atom is 0.213 e. The minimum Gasteiger partial charge on any atom is -0.473 e. The van der Waals surface area contributed by atoms with Gasteiger partial charge < -0.3 is 14.6 Å². The minimum atomic E-state index is -1.37. The molecule has 0 unspecified atom stereocenters. The number of hydrogen-bond acceptors (Lipinski definition) is 4. The molecule has 29 heavy (non-hydrogen) atoms. The van der Waals surface area contributed by atoms with Gasteiger partial charge >= 0.3 is 0 Å². The smallest absolute Gasteiger partial charge is 0.213 e. The monoisotopic (exact) mass is 475 g/mol. The van der Waals surface area contributed by atoms with Gasteiger partial charge in [-0.15, -0.1) is 0 Å². The molecule has 4 rings (SSSR count). The van der Waals surface area contributed by atoms with Crippen molar-refractivity contribution in [2.75, 3.05) is 6.61 Å². The summed E-state index contributed by atoms with van der Waals surface area (Å²) in [5.41, 5.74) is 0.961. The highest BCUT2D eigenvalue weighted by Crippen LogP contribution is 2.53. The molecular formula is C22H16BrClFNO3. The Labute approximate surface area is 180 Å². The van der Waals surface area contributed by atoms with Gasteiger partial charge in [-0.25, -0.2) is 9.37 Å². The first-order valence-corrected chi connectivity index (χ1v) is 9.95. The Hall–Kier alpha value is -2.41. The van der Waals surface area contributed by atoms with E-state index >= 15 is 0 Å². The molecule has 0 amide bonds. The maximum atomic E-state index is 14.1. The summed E-state index contributed by atoms with van der Waals surface area (Å²) in [6.07, 6.45) is 0. The number of pyridine rings is 1. The molecule has 0 saturated carbocycles. The van der Waals surface area contributed by atoms with Crippen molar-refractivity contribution < 1.29 is 19.0 Å². The molecule has 1 aliphatic heterocycles. The van der Waals surface area contributed by atoms with Crippen LogP contribution in [0.3, 0.4) is 0 Å². The lowest BCUT2D eigenvalue weighted by Crippen LogP contribution is -2.35. The van der Waals surface area contributed by atoms with Crippen LogP contribution >= 0.6 is 27.5 Å². The molecule has 0 spiro atoms. The highest BCUT2D eigenvalue weighted by atomic mass is 79.9. The van der Waals surface area contributed by atoms with Crippen LogP contribution in [0.4, 0.5) is 4.39 Å². The molecule has 1 atom stereocenters. The normalized spacial score (nSPS) is 17.7. The zero-order valence-electron chi connectivity index (χ0n) is 15.2.